The van der Waals surface area contributed by atoms with E-state index in [2.05, 4.69) is 35.6 Å². The third-order valence-electron chi connectivity index (χ3n) is 3.90. The lowest BCUT2D eigenvalue weighted by Crippen LogP contribution is -2.43. The van der Waals surface area contributed by atoms with Crippen molar-refractivity contribution in [1.29, 1.82) is 0 Å². The Bertz CT molecular complexity index is 306. The topological polar surface area (TPSA) is 12.0 Å². The lowest BCUT2D eigenvalue weighted by atomic mass is 9.59. The van der Waals surface area contributed by atoms with E-state index < -0.39 is 0 Å². The van der Waals surface area contributed by atoms with E-state index in [9.17, 15) is 0 Å². The largest absolute Gasteiger partial charge is 0.316 e. The van der Waals surface area contributed by atoms with Gasteiger partial charge in [0.05, 0.1) is 0 Å². The smallest absolute Gasteiger partial charge is 0.0118 e. The minimum absolute atomic E-state index is 0.515. The zero-order valence-electron chi connectivity index (χ0n) is 9.79. The van der Waals surface area contributed by atoms with Gasteiger partial charge in [-0.05, 0) is 30.9 Å². The minimum atomic E-state index is 0.515. The Morgan fingerprint density at radius 1 is 1.20 bits per heavy atom. The van der Waals surface area contributed by atoms with Crippen molar-refractivity contribution < 1.29 is 0 Å². The van der Waals surface area contributed by atoms with Gasteiger partial charge in [0, 0.05) is 12.0 Å². The van der Waals surface area contributed by atoms with Gasteiger partial charge in [0.25, 0.3) is 0 Å². The van der Waals surface area contributed by atoms with Crippen LogP contribution in [-0.4, -0.2) is 13.1 Å². The Morgan fingerprint density at radius 3 is 2.47 bits per heavy atom. The number of hydrogen-bond donors (Lipinski definition) is 1. The molecule has 1 saturated heterocycles. The molecule has 2 fully saturated rings. The molecule has 1 aliphatic carbocycles. The van der Waals surface area contributed by atoms with Gasteiger partial charge in [-0.15, -0.1) is 0 Å². The fraction of sp³-hybridized carbons (Fsp3) is 0.571. The van der Waals surface area contributed by atoms with Crippen LogP contribution in [0, 0.1) is 5.92 Å². The molecule has 2 atom stereocenters. The van der Waals surface area contributed by atoms with Gasteiger partial charge in [0.1, 0.15) is 0 Å². The van der Waals surface area contributed by atoms with Gasteiger partial charge < -0.3 is 5.32 Å². The highest BCUT2D eigenvalue weighted by molar-refractivity contribution is 5.32. The summed E-state index contributed by atoms with van der Waals surface area (Å²) in [4.78, 5) is 0. The first-order valence-electron chi connectivity index (χ1n) is 6.18. The van der Waals surface area contributed by atoms with E-state index in [1.807, 2.05) is 13.8 Å². The first-order valence-corrected chi connectivity index (χ1v) is 6.18. The average molecular weight is 203 g/mol. The van der Waals surface area contributed by atoms with Crippen LogP contribution < -0.4 is 5.32 Å². The predicted octanol–water partition coefficient (Wildman–Crippen LogP) is 2.96. The zero-order valence-corrected chi connectivity index (χ0v) is 9.79. The van der Waals surface area contributed by atoms with Crippen molar-refractivity contribution in [1.82, 2.24) is 5.32 Å². The Kier molecular flexibility index (Phi) is 3.11. The fourth-order valence-corrected chi connectivity index (χ4v) is 2.95. The highest BCUT2D eigenvalue weighted by Gasteiger charge is 2.50. The SMILES string of the molecule is CC.c1ccc(C23CCC2CNC3)cc1. The van der Waals surface area contributed by atoms with E-state index in [4.69, 9.17) is 0 Å². The van der Waals surface area contributed by atoms with Crippen LogP contribution in [0.2, 0.25) is 0 Å². The highest BCUT2D eigenvalue weighted by atomic mass is 15.0. The zero-order chi connectivity index (χ0) is 10.7. The maximum absolute atomic E-state index is 3.52. The number of hydrogen-bond acceptors (Lipinski definition) is 1. The van der Waals surface area contributed by atoms with Gasteiger partial charge in [0.2, 0.25) is 0 Å². The van der Waals surface area contributed by atoms with Crippen molar-refractivity contribution in [2.24, 2.45) is 5.92 Å². The van der Waals surface area contributed by atoms with Gasteiger partial charge in [-0.25, -0.2) is 0 Å². The van der Waals surface area contributed by atoms with Crippen molar-refractivity contribution >= 4 is 0 Å². The molecular weight excluding hydrogens is 182 g/mol. The summed E-state index contributed by atoms with van der Waals surface area (Å²) in [5, 5.41) is 3.52. The van der Waals surface area contributed by atoms with E-state index in [0.717, 1.165) is 5.92 Å². The molecule has 1 heteroatoms. The molecule has 15 heavy (non-hydrogen) atoms. The van der Waals surface area contributed by atoms with E-state index in [1.54, 1.807) is 5.56 Å². The van der Waals surface area contributed by atoms with Crippen molar-refractivity contribution in [2.45, 2.75) is 32.1 Å². The summed E-state index contributed by atoms with van der Waals surface area (Å²) in [6.45, 7) is 6.43. The third kappa shape index (κ3) is 1.59. The van der Waals surface area contributed by atoms with Gasteiger partial charge >= 0.3 is 0 Å². The molecule has 1 saturated carbocycles. The van der Waals surface area contributed by atoms with E-state index in [-0.39, 0.29) is 0 Å². The lowest BCUT2D eigenvalue weighted by Gasteiger charge is -2.44. The maximum atomic E-state index is 3.52. The van der Waals surface area contributed by atoms with Crippen LogP contribution in [0.4, 0.5) is 0 Å². The summed E-state index contributed by atoms with van der Waals surface area (Å²) in [6.07, 6.45) is 2.80. The molecule has 1 heterocycles. The molecule has 0 radical (unpaired) electrons. The minimum Gasteiger partial charge on any atom is -0.316 e. The van der Waals surface area contributed by atoms with Gasteiger partial charge in [0.15, 0.2) is 0 Å². The van der Waals surface area contributed by atoms with Gasteiger partial charge in [-0.3, -0.25) is 0 Å². The predicted molar refractivity (Wildman–Crippen MR) is 65.1 cm³/mol. The fourth-order valence-electron chi connectivity index (χ4n) is 2.95. The molecule has 1 aliphatic heterocycles. The van der Waals surface area contributed by atoms with Crippen LogP contribution in [0.5, 0.6) is 0 Å². The Balaban J connectivity index is 0.000000404. The molecule has 0 amide bonds. The molecule has 0 aromatic heterocycles. The monoisotopic (exact) mass is 203 g/mol. The van der Waals surface area contributed by atoms with Crippen molar-refractivity contribution in [3.8, 4) is 0 Å². The van der Waals surface area contributed by atoms with Crippen molar-refractivity contribution in [3.05, 3.63) is 35.9 Å². The second-order valence-electron chi connectivity index (χ2n) is 4.39. The van der Waals surface area contributed by atoms with E-state index in [1.165, 1.54) is 25.9 Å². The van der Waals surface area contributed by atoms with Gasteiger partial charge in [-0.1, -0.05) is 44.2 Å². The lowest BCUT2D eigenvalue weighted by molar-refractivity contribution is 0.182. The molecule has 1 N–H and O–H groups in total. The first kappa shape index (κ1) is 10.7. The van der Waals surface area contributed by atoms with Crippen LogP contribution in [0.15, 0.2) is 30.3 Å². The summed E-state index contributed by atoms with van der Waals surface area (Å²) in [5.74, 6) is 0.912. The molecule has 2 unspecified atom stereocenters. The second-order valence-corrected chi connectivity index (χ2v) is 4.39. The molecule has 1 aromatic carbocycles. The van der Waals surface area contributed by atoms with Crippen LogP contribution in [-0.2, 0) is 5.41 Å². The molecular formula is C14H21N. The average Bonchev–Trinajstić information content (AvgIpc) is 2.59. The maximum Gasteiger partial charge on any atom is 0.0118 e. The number of rotatable bonds is 1. The molecule has 3 rings (SSSR count). The second kappa shape index (κ2) is 4.36. The third-order valence-corrected chi connectivity index (χ3v) is 3.90. The van der Waals surface area contributed by atoms with Crippen LogP contribution >= 0.6 is 0 Å². The first-order chi connectivity index (χ1) is 7.42. The standard InChI is InChI=1S/C12H15N.C2H6/c1-2-4-10(5-3-1)12-7-6-11(12)8-13-9-12;1-2/h1-5,11,13H,6-9H2;1-2H3. The summed E-state index contributed by atoms with van der Waals surface area (Å²) in [7, 11) is 0. The van der Waals surface area contributed by atoms with E-state index >= 15 is 0 Å². The summed E-state index contributed by atoms with van der Waals surface area (Å²) in [5.41, 5.74) is 2.07. The normalized spacial score (nSPS) is 32.3. The molecule has 0 bridgehead atoms. The molecule has 1 aromatic rings. The Hall–Kier alpha value is -0.820. The molecule has 1 nitrogen and oxygen atoms in total. The van der Waals surface area contributed by atoms with Crippen molar-refractivity contribution in [3.63, 3.8) is 0 Å². The number of benzene rings is 1. The Labute approximate surface area is 92.9 Å². The van der Waals surface area contributed by atoms with Crippen molar-refractivity contribution in [2.75, 3.05) is 13.1 Å². The van der Waals surface area contributed by atoms with Crippen LogP contribution in [0.25, 0.3) is 0 Å². The number of nitrogens with one attached hydrogen (secondary N) is 1. The molecule has 2 aliphatic rings. The van der Waals surface area contributed by atoms with Crippen LogP contribution in [0.1, 0.15) is 32.3 Å². The summed E-state index contributed by atoms with van der Waals surface area (Å²) in [6, 6.07) is 11.0. The highest BCUT2D eigenvalue weighted by Crippen LogP contribution is 2.50. The summed E-state index contributed by atoms with van der Waals surface area (Å²) >= 11 is 0. The number of fused-ring (bicyclic) bond motifs is 1. The van der Waals surface area contributed by atoms with Gasteiger partial charge in [-0.2, -0.15) is 0 Å². The molecule has 82 valence electrons. The molecule has 0 spiro atoms. The van der Waals surface area contributed by atoms with E-state index in [0.29, 0.717) is 5.41 Å². The summed E-state index contributed by atoms with van der Waals surface area (Å²) < 4.78 is 0. The van der Waals surface area contributed by atoms with Crippen LogP contribution in [0.3, 0.4) is 0 Å². The quantitative estimate of drug-likeness (QED) is 0.740. The Morgan fingerprint density at radius 2 is 1.93 bits per heavy atom.